The molecule has 0 atom stereocenters. The Labute approximate surface area is 158 Å². The average molecular weight is 335 g/mol. The van der Waals surface area contributed by atoms with Crippen LogP contribution in [0, 0.1) is 0 Å². The summed E-state index contributed by atoms with van der Waals surface area (Å²) in [4.78, 5) is 29.3. The number of aliphatic carboxylic acids is 1. The van der Waals surface area contributed by atoms with Crippen LogP contribution in [0.15, 0.2) is 30.3 Å². The van der Waals surface area contributed by atoms with E-state index in [0.717, 1.165) is 6.42 Å². The summed E-state index contributed by atoms with van der Waals surface area (Å²) in [6.07, 6.45) is 2.34. The van der Waals surface area contributed by atoms with E-state index < -0.39 is 5.97 Å². The zero-order chi connectivity index (χ0) is 17.2. The number of amides is 1. The fraction of sp³-hybridized carbons (Fsp3) is 0.400. The van der Waals surface area contributed by atoms with Crippen LogP contribution >= 0.6 is 0 Å². The van der Waals surface area contributed by atoms with Gasteiger partial charge >= 0.3 is 35.5 Å². The van der Waals surface area contributed by atoms with Gasteiger partial charge < -0.3 is 14.6 Å². The number of esters is 1. The molecule has 0 heterocycles. The van der Waals surface area contributed by atoms with Gasteiger partial charge in [0.05, 0.1) is 0 Å². The number of carboxylic acid groups (broad SMARTS) is 1. The minimum absolute atomic E-state index is 0. The minimum atomic E-state index is -0.961. The number of carbonyl (C=O) groups is 3. The number of benzene rings is 1. The molecule has 0 aliphatic carbocycles. The van der Waals surface area contributed by atoms with Gasteiger partial charge in [-0.05, 0) is 25.0 Å². The number of nitrogens with one attached hydrogen (secondary N) is 1. The molecule has 0 bridgehead atoms. The Morgan fingerprint density at radius 2 is 1.65 bits per heavy atom. The number of hydroxylamine groups is 1. The first-order valence-corrected chi connectivity index (χ1v) is 6.80. The summed E-state index contributed by atoms with van der Waals surface area (Å²) < 4.78 is 5.02. The Kier molecular flexibility index (Phi) is 23.7. The summed E-state index contributed by atoms with van der Waals surface area (Å²) in [5.41, 5.74) is 1.25. The summed E-state index contributed by atoms with van der Waals surface area (Å²) in [6, 6.07) is 9.11. The first-order valence-electron chi connectivity index (χ1n) is 6.80. The van der Waals surface area contributed by atoms with E-state index in [1.807, 2.05) is 25.1 Å². The van der Waals surface area contributed by atoms with Crippen molar-refractivity contribution >= 4 is 18.3 Å². The maximum Gasteiger partial charge on any atom is 1.00 e. The molecule has 0 saturated heterocycles. The Morgan fingerprint density at radius 3 is 1.96 bits per heavy atom. The van der Waals surface area contributed by atoms with Gasteiger partial charge in [-0.15, -0.1) is 0 Å². The third-order valence-corrected chi connectivity index (χ3v) is 1.94. The van der Waals surface area contributed by atoms with Crippen LogP contribution in [0.3, 0.4) is 0 Å². The Morgan fingerprint density at radius 1 is 1.17 bits per heavy atom. The normalized spacial score (nSPS) is 7.96. The van der Waals surface area contributed by atoms with Crippen molar-refractivity contribution in [2.24, 2.45) is 0 Å². The van der Waals surface area contributed by atoms with Crippen molar-refractivity contribution in [1.29, 1.82) is 0 Å². The van der Waals surface area contributed by atoms with Crippen LogP contribution in [0.5, 0.6) is 5.75 Å². The summed E-state index contributed by atoms with van der Waals surface area (Å²) in [6.45, 7) is 3.75. The molecule has 0 radical (unpaired) electrons. The van der Waals surface area contributed by atoms with Crippen LogP contribution in [0.2, 0.25) is 0 Å². The van der Waals surface area contributed by atoms with E-state index in [1.54, 1.807) is 19.1 Å². The van der Waals surface area contributed by atoms with Crippen molar-refractivity contribution in [1.82, 2.24) is 5.48 Å². The van der Waals surface area contributed by atoms with Gasteiger partial charge in [-0.1, -0.05) is 38.5 Å². The van der Waals surface area contributed by atoms with Crippen molar-refractivity contribution in [2.75, 3.05) is 0 Å². The van der Waals surface area contributed by atoms with Gasteiger partial charge in [0.25, 0.3) is 0 Å². The fourth-order valence-electron chi connectivity index (χ4n) is 1.08. The van der Waals surface area contributed by atoms with Crippen molar-refractivity contribution in [3.63, 3.8) is 0 Å². The van der Waals surface area contributed by atoms with E-state index in [4.69, 9.17) is 14.7 Å². The second-order valence-corrected chi connectivity index (χ2v) is 3.91. The number of rotatable bonds is 6. The van der Waals surface area contributed by atoms with Crippen molar-refractivity contribution in [3.8, 4) is 5.75 Å². The molecule has 0 aliphatic rings. The van der Waals surface area contributed by atoms with Crippen LogP contribution in [-0.4, -0.2) is 23.6 Å². The van der Waals surface area contributed by atoms with E-state index in [1.165, 1.54) is 5.48 Å². The van der Waals surface area contributed by atoms with Crippen LogP contribution in [0.1, 0.15) is 39.5 Å². The molecule has 0 aliphatic heterocycles. The van der Waals surface area contributed by atoms with Crippen molar-refractivity contribution < 1.29 is 59.0 Å². The van der Waals surface area contributed by atoms with Crippen molar-refractivity contribution in [2.45, 2.75) is 39.5 Å². The van der Waals surface area contributed by atoms with Gasteiger partial charge in [0.15, 0.2) is 0 Å². The monoisotopic (exact) mass is 335 g/mol. The molecule has 0 spiro atoms. The van der Waals surface area contributed by atoms with E-state index in [2.05, 4.69) is 0 Å². The molecule has 1 rings (SSSR count). The zero-order valence-electron chi connectivity index (χ0n) is 13.8. The molecule has 0 unspecified atom stereocenters. The van der Waals surface area contributed by atoms with E-state index >= 15 is 0 Å². The van der Waals surface area contributed by atoms with Crippen molar-refractivity contribution in [3.05, 3.63) is 30.3 Å². The van der Waals surface area contributed by atoms with Gasteiger partial charge in [0, 0.05) is 12.4 Å². The summed E-state index contributed by atoms with van der Waals surface area (Å²) >= 11 is 0. The van der Waals surface area contributed by atoms with Crippen LogP contribution < -0.4 is 44.9 Å². The molecule has 0 aromatic heterocycles. The quantitative estimate of drug-likeness (QED) is 0.156. The SMILES string of the molecule is CCCC(=O)Oc1ccccc1.CCCC(=O)[O-].O=CNO.[Na+]. The Bertz CT molecular complexity index is 414. The Hall–Kier alpha value is -1.41. The summed E-state index contributed by atoms with van der Waals surface area (Å²) in [5, 5.41) is 16.7. The van der Waals surface area contributed by atoms with E-state index in [9.17, 15) is 14.7 Å². The molecule has 1 aromatic rings. The number of hydrogen-bond donors (Lipinski definition) is 2. The van der Waals surface area contributed by atoms with Crippen LogP contribution in [-0.2, 0) is 14.4 Å². The first-order chi connectivity index (χ1) is 10.5. The zero-order valence-corrected chi connectivity index (χ0v) is 15.8. The molecule has 124 valence electrons. The largest absolute Gasteiger partial charge is 1.00 e. The molecule has 1 amide bonds. The standard InChI is InChI=1S/C10H12O2.C4H8O2.CH3NO2.Na/c1-2-6-10(11)12-9-7-4-3-5-8-9;1-2-3-4(5)6;3-1-2-4;/h3-5,7-8H,2,6H2,1H3;2-3H2,1H3,(H,5,6);1,4H,(H,2,3);/q;;;+1/p-1. The first kappa shape index (κ1) is 26.5. The van der Waals surface area contributed by atoms with E-state index in [-0.39, 0.29) is 48.4 Å². The topological polar surface area (TPSA) is 116 Å². The van der Waals surface area contributed by atoms with Gasteiger partial charge in [-0.2, -0.15) is 0 Å². The average Bonchev–Trinajstić information content (AvgIpc) is 2.49. The molecule has 0 fully saturated rings. The predicted molar refractivity (Wildman–Crippen MR) is 77.9 cm³/mol. The number of para-hydroxylation sites is 1. The minimum Gasteiger partial charge on any atom is -0.550 e. The molecule has 0 saturated carbocycles. The summed E-state index contributed by atoms with van der Waals surface area (Å²) in [5.74, 6) is -0.503. The third-order valence-electron chi connectivity index (χ3n) is 1.94. The summed E-state index contributed by atoms with van der Waals surface area (Å²) in [7, 11) is 0. The molecule has 2 N–H and O–H groups in total. The van der Waals surface area contributed by atoms with E-state index in [0.29, 0.717) is 18.6 Å². The molecule has 8 heteroatoms. The second kappa shape index (κ2) is 20.6. The fourth-order valence-corrected chi connectivity index (χ4v) is 1.08. The molecular weight excluding hydrogens is 313 g/mol. The maximum atomic E-state index is 11.0. The van der Waals surface area contributed by atoms with Gasteiger partial charge in [0.2, 0.25) is 6.41 Å². The maximum absolute atomic E-state index is 11.0. The number of carbonyl (C=O) groups excluding carboxylic acids is 3. The van der Waals surface area contributed by atoms with Gasteiger partial charge in [-0.25, -0.2) is 5.48 Å². The molecular formula is C15H22NNaO6. The van der Waals surface area contributed by atoms with Crippen LogP contribution in [0.25, 0.3) is 0 Å². The number of carboxylic acids is 1. The Balaban J connectivity index is -0.000000309. The number of ether oxygens (including phenoxy) is 1. The third kappa shape index (κ3) is 23.0. The van der Waals surface area contributed by atoms with Gasteiger partial charge in [0.1, 0.15) is 5.75 Å². The number of hydrogen-bond acceptors (Lipinski definition) is 6. The molecule has 23 heavy (non-hydrogen) atoms. The molecule has 1 aromatic carbocycles. The van der Waals surface area contributed by atoms with Crippen LogP contribution in [0.4, 0.5) is 0 Å². The van der Waals surface area contributed by atoms with Gasteiger partial charge in [-0.3, -0.25) is 14.8 Å². The smallest absolute Gasteiger partial charge is 0.550 e. The second-order valence-electron chi connectivity index (χ2n) is 3.91. The molecule has 7 nitrogen and oxygen atoms in total. The predicted octanol–water partition coefficient (Wildman–Crippen LogP) is -1.95.